The summed E-state index contributed by atoms with van der Waals surface area (Å²) in [6, 6.07) is 2.62. The molecule has 576 valence electrons. The molecule has 36 heteroatoms. The highest BCUT2D eigenvalue weighted by atomic mass is 35.5. The number of carbonyl (C=O) groups excluding carboxylic acids is 7. The Morgan fingerprint density at radius 3 is 1.98 bits per heavy atom. The van der Waals surface area contributed by atoms with Gasteiger partial charge in [0.05, 0.1) is 41.3 Å². The highest BCUT2D eigenvalue weighted by Crippen LogP contribution is 2.50. The number of pyridine rings is 1. The number of carbonyl (C=O) groups is 8. The Morgan fingerprint density at radius 1 is 0.731 bits per heavy atom. The first-order chi connectivity index (χ1) is 51.2. The normalized spacial score (nSPS) is 28.2. The fourth-order valence-corrected chi connectivity index (χ4v) is 13.7. The summed E-state index contributed by atoms with van der Waals surface area (Å²) in [5.41, 5.74) is 2.78. The molecule has 5 aromatic carbocycles. The van der Waals surface area contributed by atoms with Crippen molar-refractivity contribution < 1.29 is 118 Å². The number of likely N-dealkylation sites (N-methyl/N-ethyl adjacent to an activating group) is 1. The molecule has 0 unspecified atom stereocenters. The number of nitrogens with one attached hydrogen (secondary N) is 8. The minimum Gasteiger partial charge on any atom is -0.508 e. The molecule has 1 aromatic heterocycles. The van der Waals surface area contributed by atoms with Gasteiger partial charge in [-0.25, -0.2) is 4.79 Å². The highest BCUT2D eigenvalue weighted by molar-refractivity contribution is 6.32. The Balaban J connectivity index is 1.16. The second kappa shape index (κ2) is 32.8. The molecule has 13 rings (SSSR count). The summed E-state index contributed by atoms with van der Waals surface area (Å²) in [7, 11) is 1.48. The van der Waals surface area contributed by atoms with E-state index in [1.165, 1.54) is 45.4 Å². The van der Waals surface area contributed by atoms with Crippen LogP contribution in [0.4, 0.5) is 0 Å². The zero-order chi connectivity index (χ0) is 78.1. The lowest BCUT2D eigenvalue weighted by Gasteiger charge is -2.47. The van der Waals surface area contributed by atoms with E-state index in [0.717, 1.165) is 66.7 Å². The summed E-state index contributed by atoms with van der Waals surface area (Å²) in [6.07, 6.45) is -15.6. The van der Waals surface area contributed by atoms with Gasteiger partial charge in [-0.2, -0.15) is 0 Å². The minimum atomic E-state index is -2.36. The van der Waals surface area contributed by atoms with Crippen LogP contribution in [0.2, 0.25) is 10.0 Å². The van der Waals surface area contributed by atoms with Gasteiger partial charge in [-0.1, -0.05) is 61.3 Å². The predicted molar refractivity (Wildman–Crippen MR) is 376 cm³/mol. The number of carboxylic acid groups (broad SMARTS) is 1. The van der Waals surface area contributed by atoms with Crippen molar-refractivity contribution in [1.29, 1.82) is 0 Å². The summed E-state index contributed by atoms with van der Waals surface area (Å²) in [5, 5.41) is 134. The molecule has 0 spiro atoms. The number of carboxylic acids is 1. The van der Waals surface area contributed by atoms with Crippen LogP contribution in [-0.4, -0.2) is 196 Å². The third kappa shape index (κ3) is 17.1. The van der Waals surface area contributed by atoms with Crippen molar-refractivity contribution in [2.24, 2.45) is 11.7 Å². The first kappa shape index (κ1) is 79.0. The van der Waals surface area contributed by atoms with Gasteiger partial charge in [0.2, 0.25) is 53.4 Å². The van der Waals surface area contributed by atoms with Crippen LogP contribution in [0, 0.1) is 5.92 Å². The van der Waals surface area contributed by atoms with Gasteiger partial charge in [0, 0.05) is 53.7 Å². The van der Waals surface area contributed by atoms with Crippen molar-refractivity contribution in [1.82, 2.24) is 47.5 Å². The second-order valence-corrected chi connectivity index (χ2v) is 28.2. The number of aliphatic hydroxyl groups excluding tert-OH is 6. The third-order valence-electron chi connectivity index (χ3n) is 19.0. The molecule has 7 amide bonds. The van der Waals surface area contributed by atoms with Crippen LogP contribution < -0.4 is 62.5 Å². The molecule has 0 radical (unpaired) electrons. The van der Waals surface area contributed by atoms with Crippen molar-refractivity contribution in [3.8, 4) is 57.1 Å². The summed E-state index contributed by atoms with van der Waals surface area (Å²) in [5.74, 6) is -15.6. The number of phenols is 3. The lowest BCUT2D eigenvalue weighted by Crippen LogP contribution is -2.64. The maximum absolute atomic E-state index is 16.3. The number of amides is 7. The topological polar surface area (TPSA) is 529 Å². The molecule has 34 nitrogen and oxygen atoms in total. The van der Waals surface area contributed by atoms with E-state index in [1.807, 2.05) is 13.8 Å². The van der Waals surface area contributed by atoms with Crippen molar-refractivity contribution in [3.63, 3.8) is 0 Å². The number of phenolic OH excluding ortho intramolecular Hbond substituents is 3. The second-order valence-electron chi connectivity index (χ2n) is 27.4. The molecule has 7 aliphatic heterocycles. The van der Waals surface area contributed by atoms with E-state index in [1.54, 1.807) is 12.1 Å². The number of hydrogen-bond donors (Lipinski definition) is 19. The Labute approximate surface area is 625 Å². The molecule has 18 atom stereocenters. The quantitative estimate of drug-likeness (QED) is 0.0689. The number of aromatic nitrogens is 1. The largest absolute Gasteiger partial charge is 0.508 e. The first-order valence-corrected chi connectivity index (χ1v) is 34.8. The van der Waals surface area contributed by atoms with E-state index < -0.39 is 237 Å². The standard InChI is InChI=1S/C72H80Cl2N10O24/c1-28(2)15-40(76-5)64(95)83-55-57(90)32-9-12-44(38(73)17-32)104-46-19-34-20-47(61(46)108-71-62(60(93)59(92)48(27-85)106-71)107-50-24-72(4,75)63(94)29(3)103-50)105-45-13-10-33(18-39(45)74)58(91)56-69(100)82-54(70(101)102)37-21-35(86)22-43(88)51(37)36-16-31(8-11-42(36)87)52(66(97)84-56)81-67(98)53(34)80-65(96)41(79-68(55)99)23-49(89)78-26-30-7-6-14-77-25-30/h6-14,16-22,25,28-29,40-41,48,50,52-60,62-63,71,76,85-88,90-94H,15,23-24,26-27,75H2,1-5H3,(H,78,89)(H,79,99)(H,80,96)(H,81,98)(H,82,100)(H,83,95)(H,84,97)(H,101,102)/t29-,40+,41-,48+,50-,52+,53+,54-,55+,56-,57+,58+,59+,60-,62+,63+,71-,72-/m0/s1. The monoisotopic (exact) mass is 1540 g/mol. The Bertz CT molecular complexity index is 4450. The molecule has 108 heavy (non-hydrogen) atoms. The summed E-state index contributed by atoms with van der Waals surface area (Å²) >= 11 is 14.2. The van der Waals surface area contributed by atoms with Gasteiger partial charge in [0.15, 0.2) is 29.9 Å². The average Bonchev–Trinajstić information content (AvgIpc) is 0.768. The van der Waals surface area contributed by atoms with Gasteiger partial charge in [0.25, 0.3) is 0 Å². The number of aromatic hydroxyl groups is 3. The van der Waals surface area contributed by atoms with E-state index >= 15 is 19.2 Å². The van der Waals surface area contributed by atoms with E-state index in [2.05, 4.69) is 47.5 Å². The highest BCUT2D eigenvalue weighted by Gasteiger charge is 2.52. The molecule has 11 bridgehead atoms. The predicted octanol–water partition coefficient (Wildman–Crippen LogP) is 1.33. The maximum atomic E-state index is 16.3. The average molecular weight is 1540 g/mol. The third-order valence-corrected chi connectivity index (χ3v) is 19.6. The summed E-state index contributed by atoms with van der Waals surface area (Å²) < 4.78 is 38.6. The number of ether oxygens (including phenoxy) is 6. The van der Waals surface area contributed by atoms with Crippen molar-refractivity contribution in [3.05, 3.63) is 147 Å². The lowest BCUT2D eigenvalue weighted by molar-refractivity contribution is -0.333. The van der Waals surface area contributed by atoms with Crippen molar-refractivity contribution in [2.75, 3.05) is 13.7 Å². The number of rotatable bonds is 15. The fourth-order valence-electron chi connectivity index (χ4n) is 13.3. The van der Waals surface area contributed by atoms with Gasteiger partial charge in [-0.05, 0) is 122 Å². The molecular weight excluding hydrogens is 1460 g/mol. The van der Waals surface area contributed by atoms with E-state index in [9.17, 15) is 70.2 Å². The van der Waals surface area contributed by atoms with Gasteiger partial charge in [-0.3, -0.25) is 38.5 Å². The first-order valence-electron chi connectivity index (χ1n) is 34.1. The van der Waals surface area contributed by atoms with Gasteiger partial charge in [0.1, 0.15) is 89.5 Å². The lowest BCUT2D eigenvalue weighted by atomic mass is 9.86. The van der Waals surface area contributed by atoms with Crippen LogP contribution in [0.1, 0.15) is 111 Å². The zero-order valence-electron chi connectivity index (χ0n) is 58.2. The van der Waals surface area contributed by atoms with Crippen LogP contribution in [0.25, 0.3) is 11.1 Å². The Kier molecular flexibility index (Phi) is 24.0. The SMILES string of the molecule is CN[C@H](CC(C)C)C(=O)N[C@H]1C(=O)N[C@@H](CC(=O)NCc2cccnc2)C(=O)N[C@H]2C(=O)N[C@H]3C(=O)N[C@H](C(=O)N[C@H](C(=O)O)c4cc(O)cc(O)c4-c4cc3ccc4O)[C@H](O)c3ccc(c(Cl)c3)Oc3cc2cc(c3O[C@@H]2O[C@H](CO)[C@@H](O)[C@H](O)[C@H]2O[C@H]2C[C@](C)(N)[C@H](O)[C@H](C)O2)Oc2ccc(cc2Cl)[C@H]1O. The van der Waals surface area contributed by atoms with Crippen LogP contribution >= 0.6 is 23.2 Å². The van der Waals surface area contributed by atoms with E-state index in [4.69, 9.17) is 57.4 Å². The van der Waals surface area contributed by atoms with Crippen LogP contribution in [0.5, 0.6) is 46.0 Å². The van der Waals surface area contributed by atoms with E-state index in [-0.39, 0.29) is 52.8 Å². The fraction of sp³-hybridized carbons (Fsp3) is 0.403. The molecule has 0 saturated carbocycles. The van der Waals surface area contributed by atoms with Crippen LogP contribution in [0.15, 0.2) is 103 Å². The molecule has 8 heterocycles. The molecule has 6 aromatic rings. The number of nitrogens with zero attached hydrogens (tertiary/aromatic N) is 1. The number of aliphatic carboxylic acids is 1. The Morgan fingerprint density at radius 2 is 1.37 bits per heavy atom. The van der Waals surface area contributed by atoms with Gasteiger partial charge in [-0.15, -0.1) is 0 Å². The number of benzene rings is 5. The van der Waals surface area contributed by atoms with Crippen LogP contribution in [0.3, 0.4) is 0 Å². The number of halogens is 2. The smallest absolute Gasteiger partial charge is 0.330 e. The zero-order valence-corrected chi connectivity index (χ0v) is 59.7. The van der Waals surface area contributed by atoms with Gasteiger partial charge < -0.3 is 128 Å². The molecular formula is C72H80Cl2N10O24. The van der Waals surface area contributed by atoms with E-state index in [0.29, 0.717) is 5.56 Å². The van der Waals surface area contributed by atoms with Gasteiger partial charge >= 0.3 is 5.97 Å². The number of fused-ring (bicyclic) bond motifs is 15. The molecule has 20 N–H and O–H groups in total. The maximum Gasteiger partial charge on any atom is 0.330 e. The number of hydrogen-bond acceptors (Lipinski definition) is 26. The van der Waals surface area contributed by atoms with Crippen LogP contribution in [-0.2, 0) is 59.1 Å². The molecule has 2 fully saturated rings. The number of nitrogens with two attached hydrogens (primary N) is 1. The molecule has 2 saturated heterocycles. The summed E-state index contributed by atoms with van der Waals surface area (Å²) in [6.45, 7) is 5.49. The summed E-state index contributed by atoms with van der Waals surface area (Å²) in [4.78, 5) is 124. The number of aliphatic hydroxyl groups is 6. The molecule has 0 aliphatic carbocycles. The minimum absolute atomic E-state index is 0.107. The van der Waals surface area contributed by atoms with Crippen molar-refractivity contribution >= 4 is 70.5 Å². The molecule has 7 aliphatic rings. The van der Waals surface area contributed by atoms with Crippen molar-refractivity contribution in [2.45, 2.75) is 163 Å². The Hall–Kier alpha value is -10.1.